The molecule has 1 fully saturated rings. The molecule has 0 amide bonds. The number of hydrogen-bond donors (Lipinski definition) is 2. The number of nitrogen functional groups attached to an aromatic ring is 1. The van der Waals surface area contributed by atoms with Crippen molar-refractivity contribution in [1.82, 2.24) is 4.90 Å². The Morgan fingerprint density at radius 1 is 1.35 bits per heavy atom. The topological polar surface area (TPSA) is 41.3 Å². The summed E-state index contributed by atoms with van der Waals surface area (Å²) in [5.74, 6) is 0.783. The first-order valence-electron chi connectivity index (χ1n) is 6.44. The minimum absolute atomic E-state index is 0.783. The van der Waals surface area contributed by atoms with Gasteiger partial charge in [-0.15, -0.1) is 0 Å². The van der Waals surface area contributed by atoms with E-state index in [0.29, 0.717) is 0 Å². The molecule has 3 heteroatoms. The SMILES string of the molecule is Cc1cccc(N)c1NCC1CCN(C)CC1. The second-order valence-corrected chi connectivity index (χ2v) is 5.17. The van der Waals surface area contributed by atoms with Gasteiger partial charge in [-0.05, 0) is 57.5 Å². The lowest BCUT2D eigenvalue weighted by molar-refractivity contribution is 0.226. The maximum atomic E-state index is 5.99. The van der Waals surface area contributed by atoms with Crippen LogP contribution in [-0.2, 0) is 0 Å². The van der Waals surface area contributed by atoms with E-state index in [-0.39, 0.29) is 0 Å². The fourth-order valence-electron chi connectivity index (χ4n) is 2.44. The maximum absolute atomic E-state index is 5.99. The molecule has 0 spiro atoms. The average Bonchev–Trinajstić information content (AvgIpc) is 2.31. The van der Waals surface area contributed by atoms with Gasteiger partial charge in [-0.25, -0.2) is 0 Å². The maximum Gasteiger partial charge on any atom is 0.0603 e. The normalized spacial score (nSPS) is 18.2. The first kappa shape index (κ1) is 12.2. The number of nitrogens with two attached hydrogens (primary N) is 1. The van der Waals surface area contributed by atoms with Crippen LogP contribution < -0.4 is 11.1 Å². The molecule has 2 rings (SSSR count). The summed E-state index contributed by atoms with van der Waals surface area (Å²) in [7, 11) is 2.20. The molecular weight excluding hydrogens is 210 g/mol. The Morgan fingerprint density at radius 2 is 2.06 bits per heavy atom. The quantitative estimate of drug-likeness (QED) is 0.787. The number of para-hydroxylation sites is 1. The molecule has 1 heterocycles. The monoisotopic (exact) mass is 233 g/mol. The zero-order chi connectivity index (χ0) is 12.3. The number of likely N-dealkylation sites (tertiary alicyclic amines) is 1. The van der Waals surface area contributed by atoms with Crippen LogP contribution in [0.1, 0.15) is 18.4 Å². The molecule has 0 unspecified atom stereocenters. The van der Waals surface area contributed by atoms with Crippen LogP contribution in [-0.4, -0.2) is 31.6 Å². The van der Waals surface area contributed by atoms with Crippen molar-refractivity contribution >= 4 is 11.4 Å². The van der Waals surface area contributed by atoms with Gasteiger partial charge in [0.1, 0.15) is 0 Å². The third-order valence-electron chi connectivity index (χ3n) is 3.71. The van der Waals surface area contributed by atoms with Gasteiger partial charge in [-0.1, -0.05) is 12.1 Å². The van der Waals surface area contributed by atoms with E-state index in [0.717, 1.165) is 23.8 Å². The summed E-state index contributed by atoms with van der Waals surface area (Å²) in [6.07, 6.45) is 2.57. The number of anilines is 2. The smallest absolute Gasteiger partial charge is 0.0603 e. The van der Waals surface area contributed by atoms with E-state index in [4.69, 9.17) is 5.73 Å². The van der Waals surface area contributed by atoms with E-state index >= 15 is 0 Å². The molecule has 3 N–H and O–H groups in total. The number of rotatable bonds is 3. The van der Waals surface area contributed by atoms with E-state index in [9.17, 15) is 0 Å². The van der Waals surface area contributed by atoms with Crippen molar-refractivity contribution in [3.63, 3.8) is 0 Å². The van der Waals surface area contributed by atoms with Gasteiger partial charge >= 0.3 is 0 Å². The summed E-state index contributed by atoms with van der Waals surface area (Å²) in [6, 6.07) is 6.07. The van der Waals surface area contributed by atoms with Crippen LogP contribution in [0.15, 0.2) is 18.2 Å². The van der Waals surface area contributed by atoms with Crippen LogP contribution >= 0.6 is 0 Å². The average molecular weight is 233 g/mol. The van der Waals surface area contributed by atoms with Crippen molar-refractivity contribution in [1.29, 1.82) is 0 Å². The number of nitrogens with one attached hydrogen (secondary N) is 1. The molecule has 0 aromatic heterocycles. The second kappa shape index (κ2) is 5.41. The molecule has 1 aliphatic heterocycles. The molecule has 0 aliphatic carbocycles. The predicted octanol–water partition coefficient (Wildman–Crippen LogP) is 2.33. The highest BCUT2D eigenvalue weighted by Crippen LogP contribution is 2.24. The zero-order valence-electron chi connectivity index (χ0n) is 10.9. The highest BCUT2D eigenvalue weighted by molar-refractivity contribution is 5.69. The van der Waals surface area contributed by atoms with E-state index in [2.05, 4.69) is 30.3 Å². The third-order valence-corrected chi connectivity index (χ3v) is 3.71. The van der Waals surface area contributed by atoms with Gasteiger partial charge in [0.15, 0.2) is 0 Å². The minimum atomic E-state index is 0.783. The number of hydrogen-bond acceptors (Lipinski definition) is 3. The van der Waals surface area contributed by atoms with Crippen LogP contribution in [0, 0.1) is 12.8 Å². The van der Waals surface area contributed by atoms with E-state index in [1.807, 2.05) is 12.1 Å². The largest absolute Gasteiger partial charge is 0.397 e. The lowest BCUT2D eigenvalue weighted by Gasteiger charge is -2.29. The number of nitrogens with zero attached hydrogens (tertiary/aromatic N) is 1. The number of piperidine rings is 1. The van der Waals surface area contributed by atoms with Crippen LogP contribution in [0.5, 0.6) is 0 Å². The first-order valence-corrected chi connectivity index (χ1v) is 6.44. The van der Waals surface area contributed by atoms with Gasteiger partial charge in [0.25, 0.3) is 0 Å². The summed E-state index contributed by atoms with van der Waals surface area (Å²) >= 11 is 0. The van der Waals surface area contributed by atoms with Crippen molar-refractivity contribution in [3.8, 4) is 0 Å². The van der Waals surface area contributed by atoms with Gasteiger partial charge in [0, 0.05) is 6.54 Å². The highest BCUT2D eigenvalue weighted by Gasteiger charge is 2.16. The summed E-state index contributed by atoms with van der Waals surface area (Å²) in [6.45, 7) is 5.58. The van der Waals surface area contributed by atoms with E-state index in [1.54, 1.807) is 0 Å². The van der Waals surface area contributed by atoms with Gasteiger partial charge in [-0.3, -0.25) is 0 Å². The molecule has 94 valence electrons. The van der Waals surface area contributed by atoms with E-state index < -0.39 is 0 Å². The molecule has 0 saturated carbocycles. The van der Waals surface area contributed by atoms with Gasteiger partial charge in [0.05, 0.1) is 11.4 Å². The summed E-state index contributed by atoms with van der Waals surface area (Å²) in [4.78, 5) is 2.40. The van der Waals surface area contributed by atoms with Crippen molar-refractivity contribution in [2.75, 3.05) is 37.7 Å². The van der Waals surface area contributed by atoms with Gasteiger partial charge in [0.2, 0.25) is 0 Å². The molecule has 1 aromatic carbocycles. The van der Waals surface area contributed by atoms with Crippen LogP contribution in [0.3, 0.4) is 0 Å². The molecule has 0 atom stereocenters. The summed E-state index contributed by atoms with van der Waals surface area (Å²) in [5.41, 5.74) is 9.20. The Labute approximate surface area is 104 Å². The van der Waals surface area contributed by atoms with Crippen molar-refractivity contribution < 1.29 is 0 Å². The molecule has 0 bridgehead atoms. The number of benzene rings is 1. The molecule has 17 heavy (non-hydrogen) atoms. The lowest BCUT2D eigenvalue weighted by atomic mass is 9.97. The van der Waals surface area contributed by atoms with Gasteiger partial charge < -0.3 is 16.0 Å². The Kier molecular flexibility index (Phi) is 3.89. The zero-order valence-corrected chi connectivity index (χ0v) is 10.9. The fourth-order valence-corrected chi connectivity index (χ4v) is 2.44. The Bertz CT molecular complexity index is 347. The molecular formula is C14H23N3. The molecule has 1 aromatic rings. The van der Waals surface area contributed by atoms with Crippen molar-refractivity contribution in [2.45, 2.75) is 19.8 Å². The lowest BCUT2D eigenvalue weighted by Crippen LogP contribution is -2.33. The Balaban J connectivity index is 1.89. The second-order valence-electron chi connectivity index (χ2n) is 5.17. The Hall–Kier alpha value is -1.22. The minimum Gasteiger partial charge on any atom is -0.397 e. The standard InChI is InChI=1S/C14H23N3/c1-11-4-3-5-13(15)14(11)16-10-12-6-8-17(2)9-7-12/h3-5,12,16H,6-10,15H2,1-2H3. The Morgan fingerprint density at radius 3 is 2.71 bits per heavy atom. The summed E-state index contributed by atoms with van der Waals surface area (Å²) < 4.78 is 0. The molecule has 1 aliphatic rings. The van der Waals surface area contributed by atoms with E-state index in [1.165, 1.54) is 31.5 Å². The molecule has 1 saturated heterocycles. The predicted molar refractivity (Wildman–Crippen MR) is 74.3 cm³/mol. The molecule has 0 radical (unpaired) electrons. The first-order chi connectivity index (χ1) is 8.16. The summed E-state index contributed by atoms with van der Waals surface area (Å²) in [5, 5.41) is 3.52. The fraction of sp³-hybridized carbons (Fsp3) is 0.571. The highest BCUT2D eigenvalue weighted by atomic mass is 15.1. The number of aryl methyl sites for hydroxylation is 1. The van der Waals surface area contributed by atoms with Crippen LogP contribution in [0.25, 0.3) is 0 Å². The van der Waals surface area contributed by atoms with Gasteiger partial charge in [-0.2, -0.15) is 0 Å². The van der Waals surface area contributed by atoms with Crippen LogP contribution in [0.2, 0.25) is 0 Å². The molecule has 3 nitrogen and oxygen atoms in total. The van der Waals surface area contributed by atoms with Crippen molar-refractivity contribution in [2.24, 2.45) is 5.92 Å². The third kappa shape index (κ3) is 3.13. The van der Waals surface area contributed by atoms with Crippen molar-refractivity contribution in [3.05, 3.63) is 23.8 Å². The van der Waals surface area contributed by atoms with Crippen LogP contribution in [0.4, 0.5) is 11.4 Å².